The Kier molecular flexibility index (Phi) is 3.67. The minimum atomic E-state index is -3.16. The van der Waals surface area contributed by atoms with Crippen molar-refractivity contribution in [2.24, 2.45) is 7.05 Å². The molecule has 0 aromatic carbocycles. The van der Waals surface area contributed by atoms with Gasteiger partial charge >= 0.3 is 0 Å². The molecule has 0 saturated carbocycles. The summed E-state index contributed by atoms with van der Waals surface area (Å²) in [7, 11) is 0.247. The Morgan fingerprint density at radius 2 is 2.16 bits per heavy atom. The van der Waals surface area contributed by atoms with Crippen molar-refractivity contribution in [1.82, 2.24) is 28.9 Å². The van der Waals surface area contributed by atoms with Gasteiger partial charge < -0.3 is 4.57 Å². The highest BCUT2D eigenvalue weighted by atomic mass is 32.2. The fourth-order valence-electron chi connectivity index (χ4n) is 1.53. The number of sulfonamides is 1. The van der Waals surface area contributed by atoms with Crippen molar-refractivity contribution in [3.63, 3.8) is 0 Å². The van der Waals surface area contributed by atoms with Gasteiger partial charge in [0, 0.05) is 33.0 Å². The van der Waals surface area contributed by atoms with Gasteiger partial charge in [0.15, 0.2) is 5.82 Å². The van der Waals surface area contributed by atoms with Crippen molar-refractivity contribution < 1.29 is 8.42 Å². The van der Waals surface area contributed by atoms with E-state index in [1.54, 1.807) is 17.1 Å². The molecule has 104 valence electrons. The van der Waals surface area contributed by atoms with Crippen LogP contribution in [0, 0.1) is 0 Å². The summed E-state index contributed by atoms with van der Waals surface area (Å²) in [5.41, 5.74) is 0.662. The van der Waals surface area contributed by atoms with Crippen molar-refractivity contribution in [2.75, 3.05) is 19.8 Å². The normalized spacial score (nSPS) is 12.2. The number of nitrogens with zero attached hydrogens (tertiary/aromatic N) is 6. The molecule has 2 aromatic rings. The van der Waals surface area contributed by atoms with Gasteiger partial charge in [0.2, 0.25) is 10.0 Å². The van der Waals surface area contributed by atoms with Crippen LogP contribution in [0.3, 0.4) is 0 Å². The number of likely N-dealkylation sites (N-methyl/N-ethyl adjacent to an activating group) is 1. The van der Waals surface area contributed by atoms with E-state index in [1.165, 1.54) is 17.6 Å². The van der Waals surface area contributed by atoms with Crippen LogP contribution in [-0.2, 0) is 23.6 Å². The molecular weight excluding hydrogens is 268 g/mol. The second-order valence-electron chi connectivity index (χ2n) is 4.31. The smallest absolute Gasteiger partial charge is 0.211 e. The van der Waals surface area contributed by atoms with Gasteiger partial charge in [-0.15, -0.1) is 5.10 Å². The molecule has 2 rings (SSSR count). The Labute approximate surface area is 111 Å². The molecular formula is C10H16N6O2S. The molecule has 0 bridgehead atoms. The predicted octanol–water partition coefficient (Wildman–Crippen LogP) is -0.430. The first-order chi connectivity index (χ1) is 8.88. The predicted molar refractivity (Wildman–Crippen MR) is 69.7 cm³/mol. The molecule has 0 amide bonds. The largest absolute Gasteiger partial charge is 0.333 e. The lowest BCUT2D eigenvalue weighted by molar-refractivity contribution is 0.432. The summed E-state index contributed by atoms with van der Waals surface area (Å²) in [6.45, 7) is 0.795. The zero-order valence-electron chi connectivity index (χ0n) is 11.1. The van der Waals surface area contributed by atoms with Gasteiger partial charge in [-0.1, -0.05) is 5.21 Å². The summed E-state index contributed by atoms with van der Waals surface area (Å²) in [5.74, 6) is 0.725. The first kappa shape index (κ1) is 13.7. The fourth-order valence-corrected chi connectivity index (χ4v) is 1.94. The number of imidazole rings is 1. The third kappa shape index (κ3) is 3.18. The van der Waals surface area contributed by atoms with Gasteiger partial charge in [-0.3, -0.25) is 4.68 Å². The van der Waals surface area contributed by atoms with Crippen LogP contribution in [0.25, 0.3) is 11.5 Å². The molecule has 8 nitrogen and oxygen atoms in total. The average Bonchev–Trinajstić information content (AvgIpc) is 2.92. The standard InChI is InChI=1S/C10H16N6O2S/c1-14-5-4-11-10(14)9-8-16(13-12-9)7-6-15(2)19(3,17)18/h4-5,8H,6-7H2,1-3H3. The highest BCUT2D eigenvalue weighted by Gasteiger charge is 2.12. The molecule has 0 aliphatic carbocycles. The summed E-state index contributed by atoms with van der Waals surface area (Å²) in [6.07, 6.45) is 6.43. The monoisotopic (exact) mass is 284 g/mol. The topological polar surface area (TPSA) is 85.9 Å². The summed E-state index contributed by atoms with van der Waals surface area (Å²) < 4.78 is 27.2. The quantitative estimate of drug-likeness (QED) is 0.743. The van der Waals surface area contributed by atoms with Crippen molar-refractivity contribution >= 4 is 10.0 Å². The van der Waals surface area contributed by atoms with E-state index in [1.807, 2.05) is 17.8 Å². The molecule has 0 atom stereocenters. The molecule has 19 heavy (non-hydrogen) atoms. The molecule has 2 heterocycles. The second kappa shape index (κ2) is 5.10. The Bertz CT molecular complexity index is 659. The molecule has 0 unspecified atom stereocenters. The zero-order valence-corrected chi connectivity index (χ0v) is 11.9. The average molecular weight is 284 g/mol. The number of aryl methyl sites for hydroxylation is 1. The van der Waals surface area contributed by atoms with Gasteiger partial charge in [-0.25, -0.2) is 17.7 Å². The number of hydrogen-bond donors (Lipinski definition) is 0. The molecule has 0 fully saturated rings. The van der Waals surface area contributed by atoms with Crippen LogP contribution in [0.1, 0.15) is 0 Å². The van der Waals surface area contributed by atoms with E-state index in [0.29, 0.717) is 18.8 Å². The zero-order chi connectivity index (χ0) is 14.0. The number of hydrogen-bond acceptors (Lipinski definition) is 5. The molecule has 2 aromatic heterocycles. The Balaban J connectivity index is 2.05. The van der Waals surface area contributed by atoms with Crippen LogP contribution in [0.4, 0.5) is 0 Å². The van der Waals surface area contributed by atoms with Crippen LogP contribution in [0.15, 0.2) is 18.6 Å². The van der Waals surface area contributed by atoms with E-state index in [9.17, 15) is 8.42 Å². The van der Waals surface area contributed by atoms with Gasteiger partial charge in [-0.2, -0.15) is 0 Å². The Hall–Kier alpha value is -1.74. The van der Waals surface area contributed by atoms with Crippen LogP contribution in [0.2, 0.25) is 0 Å². The molecule has 0 radical (unpaired) electrons. The Morgan fingerprint density at radius 3 is 2.74 bits per heavy atom. The SMILES string of the molecule is CN(CCn1cc(-c2nccn2C)nn1)S(C)(=O)=O. The maximum Gasteiger partial charge on any atom is 0.211 e. The van der Waals surface area contributed by atoms with Crippen molar-refractivity contribution in [1.29, 1.82) is 0 Å². The summed E-state index contributed by atoms with van der Waals surface area (Å²) >= 11 is 0. The van der Waals surface area contributed by atoms with E-state index >= 15 is 0 Å². The van der Waals surface area contributed by atoms with Gasteiger partial charge in [-0.05, 0) is 0 Å². The third-order valence-electron chi connectivity index (χ3n) is 2.80. The van der Waals surface area contributed by atoms with E-state index in [2.05, 4.69) is 15.3 Å². The van der Waals surface area contributed by atoms with Gasteiger partial charge in [0.1, 0.15) is 5.69 Å². The van der Waals surface area contributed by atoms with Crippen LogP contribution in [-0.4, -0.2) is 57.1 Å². The maximum atomic E-state index is 11.3. The second-order valence-corrected chi connectivity index (χ2v) is 6.40. The summed E-state index contributed by atoms with van der Waals surface area (Å²) in [4.78, 5) is 4.17. The van der Waals surface area contributed by atoms with Crippen molar-refractivity contribution in [3.8, 4) is 11.5 Å². The first-order valence-corrected chi connectivity index (χ1v) is 7.52. The summed E-state index contributed by atoms with van der Waals surface area (Å²) in [5, 5.41) is 7.98. The lowest BCUT2D eigenvalue weighted by Gasteiger charge is -2.12. The molecule has 0 saturated heterocycles. The van der Waals surface area contributed by atoms with Gasteiger partial charge in [0.25, 0.3) is 0 Å². The highest BCUT2D eigenvalue weighted by Crippen LogP contribution is 2.11. The van der Waals surface area contributed by atoms with Crippen molar-refractivity contribution in [3.05, 3.63) is 18.6 Å². The van der Waals surface area contributed by atoms with Crippen LogP contribution >= 0.6 is 0 Å². The minimum Gasteiger partial charge on any atom is -0.333 e. The first-order valence-electron chi connectivity index (χ1n) is 5.67. The van der Waals surface area contributed by atoms with Crippen molar-refractivity contribution in [2.45, 2.75) is 6.54 Å². The molecule has 0 aliphatic rings. The third-order valence-corrected chi connectivity index (χ3v) is 4.11. The van der Waals surface area contributed by atoms with Crippen LogP contribution in [0.5, 0.6) is 0 Å². The summed E-state index contributed by atoms with van der Waals surface area (Å²) in [6, 6.07) is 0. The number of rotatable bonds is 5. The lowest BCUT2D eigenvalue weighted by atomic mass is 10.4. The maximum absolute atomic E-state index is 11.3. The Morgan fingerprint density at radius 1 is 1.42 bits per heavy atom. The minimum absolute atomic E-state index is 0.349. The van der Waals surface area contributed by atoms with E-state index in [0.717, 1.165) is 5.82 Å². The van der Waals surface area contributed by atoms with Crippen LogP contribution < -0.4 is 0 Å². The van der Waals surface area contributed by atoms with Gasteiger partial charge in [0.05, 0.1) is 19.0 Å². The molecule has 0 aliphatic heterocycles. The molecule has 9 heteroatoms. The van der Waals surface area contributed by atoms with E-state index in [-0.39, 0.29) is 0 Å². The van der Waals surface area contributed by atoms with E-state index < -0.39 is 10.0 Å². The fraction of sp³-hybridized carbons (Fsp3) is 0.500. The van der Waals surface area contributed by atoms with E-state index in [4.69, 9.17) is 0 Å². The number of aromatic nitrogens is 5. The highest BCUT2D eigenvalue weighted by molar-refractivity contribution is 7.88. The molecule has 0 N–H and O–H groups in total. The molecule has 0 spiro atoms. The lowest BCUT2D eigenvalue weighted by Crippen LogP contribution is -2.29.